The van der Waals surface area contributed by atoms with Gasteiger partial charge in [-0.25, -0.2) is 18.4 Å². The second-order valence-corrected chi connectivity index (χ2v) is 11.7. The predicted molar refractivity (Wildman–Crippen MR) is 167 cm³/mol. The molecule has 3 aromatic rings. The molecule has 11 heteroatoms. The maximum atomic E-state index is 13.7. The van der Waals surface area contributed by atoms with Crippen molar-refractivity contribution in [3.05, 3.63) is 89.5 Å². The van der Waals surface area contributed by atoms with Gasteiger partial charge in [-0.05, 0) is 102 Å². The maximum Gasteiger partial charge on any atom is 0.412 e. The van der Waals surface area contributed by atoms with E-state index in [9.17, 15) is 23.2 Å². The van der Waals surface area contributed by atoms with E-state index in [4.69, 9.17) is 4.74 Å². The van der Waals surface area contributed by atoms with Gasteiger partial charge in [0.25, 0.3) is 5.91 Å². The summed E-state index contributed by atoms with van der Waals surface area (Å²) in [6, 6.07) is 16.4. The van der Waals surface area contributed by atoms with Crippen molar-refractivity contribution in [2.75, 3.05) is 42.1 Å². The van der Waals surface area contributed by atoms with E-state index < -0.39 is 29.4 Å². The Hall–Kier alpha value is -4.51. The molecule has 1 heterocycles. The summed E-state index contributed by atoms with van der Waals surface area (Å²) in [5.41, 5.74) is 1.45. The van der Waals surface area contributed by atoms with Gasteiger partial charge in [0.2, 0.25) is 0 Å². The fraction of sp³-hybridized carbons (Fsp3) is 0.364. The predicted octanol–water partition coefficient (Wildman–Crippen LogP) is 7.08. The van der Waals surface area contributed by atoms with E-state index in [1.54, 1.807) is 74.2 Å². The molecule has 1 aliphatic rings. The summed E-state index contributed by atoms with van der Waals surface area (Å²) in [5.74, 6) is -2.41. The quantitative estimate of drug-likeness (QED) is 0.229. The van der Waals surface area contributed by atoms with Gasteiger partial charge in [-0.2, -0.15) is 0 Å². The standard InChI is InChI=1S/C33H39F2N5O4/c1-33(2,3)44-32(43)38-29-10-5-4-9-28(29)37-30(41)24-13-11-23(12-14-24)22-40(20-8-19-39-17-6-7-18-39)31(42)36-25-15-16-26(34)27(35)21-25/h4-5,9-16,21H,6-8,17-20,22H2,1-3H3,(H,36,42)(H,37,41)(H,38,43). The lowest BCUT2D eigenvalue weighted by Gasteiger charge is -2.25. The van der Waals surface area contributed by atoms with Crippen molar-refractivity contribution < 1.29 is 27.9 Å². The third-order valence-electron chi connectivity index (χ3n) is 6.96. The second-order valence-electron chi connectivity index (χ2n) is 11.7. The Kier molecular flexibility index (Phi) is 10.9. The second kappa shape index (κ2) is 14.8. The van der Waals surface area contributed by atoms with E-state index in [2.05, 4.69) is 20.9 Å². The molecule has 0 unspecified atom stereocenters. The molecule has 1 saturated heterocycles. The first-order valence-corrected chi connectivity index (χ1v) is 14.7. The molecule has 234 valence electrons. The van der Waals surface area contributed by atoms with Gasteiger partial charge >= 0.3 is 12.1 Å². The Morgan fingerprint density at radius 3 is 2.16 bits per heavy atom. The Labute approximate surface area is 256 Å². The summed E-state index contributed by atoms with van der Waals surface area (Å²) in [7, 11) is 0. The number of para-hydroxylation sites is 2. The first-order valence-electron chi connectivity index (χ1n) is 14.7. The highest BCUT2D eigenvalue weighted by molar-refractivity contribution is 6.06. The van der Waals surface area contributed by atoms with E-state index >= 15 is 0 Å². The molecule has 0 aromatic heterocycles. The third kappa shape index (κ3) is 9.77. The fourth-order valence-corrected chi connectivity index (χ4v) is 4.81. The molecule has 1 aliphatic heterocycles. The number of hydrogen-bond donors (Lipinski definition) is 3. The smallest absolute Gasteiger partial charge is 0.412 e. The molecular weight excluding hydrogens is 568 g/mol. The number of nitrogens with one attached hydrogen (secondary N) is 3. The number of anilines is 3. The number of halogens is 2. The maximum absolute atomic E-state index is 13.7. The molecular formula is C33H39F2N5O4. The van der Waals surface area contributed by atoms with Crippen LogP contribution in [0.15, 0.2) is 66.7 Å². The Morgan fingerprint density at radius 2 is 1.52 bits per heavy atom. The zero-order valence-corrected chi connectivity index (χ0v) is 25.3. The first kappa shape index (κ1) is 32.4. The van der Waals surface area contributed by atoms with Crippen LogP contribution in [-0.4, -0.2) is 59.6 Å². The summed E-state index contributed by atoms with van der Waals surface area (Å²) in [6.45, 7) is 8.94. The summed E-state index contributed by atoms with van der Waals surface area (Å²) in [5, 5.41) is 8.14. The number of ether oxygens (including phenoxy) is 1. The minimum absolute atomic E-state index is 0.159. The van der Waals surface area contributed by atoms with Crippen molar-refractivity contribution >= 4 is 35.1 Å². The lowest BCUT2D eigenvalue weighted by molar-refractivity contribution is 0.0635. The van der Waals surface area contributed by atoms with Crippen molar-refractivity contribution in [3.63, 3.8) is 0 Å². The van der Waals surface area contributed by atoms with Crippen LogP contribution in [0.5, 0.6) is 0 Å². The zero-order valence-electron chi connectivity index (χ0n) is 25.3. The van der Waals surface area contributed by atoms with Crippen molar-refractivity contribution in [2.24, 2.45) is 0 Å². The van der Waals surface area contributed by atoms with Crippen LogP contribution < -0.4 is 16.0 Å². The average molecular weight is 608 g/mol. The molecule has 44 heavy (non-hydrogen) atoms. The number of carbonyl (C=O) groups is 3. The Morgan fingerprint density at radius 1 is 0.864 bits per heavy atom. The number of carbonyl (C=O) groups excluding carboxylic acids is 3. The third-order valence-corrected chi connectivity index (χ3v) is 6.96. The van der Waals surface area contributed by atoms with E-state index in [0.717, 1.165) is 43.8 Å². The van der Waals surface area contributed by atoms with Gasteiger partial charge in [0, 0.05) is 30.4 Å². The van der Waals surface area contributed by atoms with Crippen LogP contribution in [0.25, 0.3) is 0 Å². The van der Waals surface area contributed by atoms with Gasteiger partial charge in [0.05, 0.1) is 11.4 Å². The summed E-state index contributed by atoms with van der Waals surface area (Å²) >= 11 is 0. The largest absolute Gasteiger partial charge is 0.444 e. The van der Waals surface area contributed by atoms with E-state index in [1.165, 1.54) is 18.9 Å². The summed E-state index contributed by atoms with van der Waals surface area (Å²) in [6.07, 6.45) is 2.46. The number of nitrogens with zero attached hydrogens (tertiary/aromatic N) is 2. The Bertz CT molecular complexity index is 1450. The molecule has 4 rings (SSSR count). The SMILES string of the molecule is CC(C)(C)OC(=O)Nc1ccccc1NC(=O)c1ccc(CN(CCCN2CCCC2)C(=O)Nc2ccc(F)c(F)c2)cc1. The molecule has 0 atom stereocenters. The van der Waals surface area contributed by atoms with Gasteiger partial charge in [-0.1, -0.05) is 24.3 Å². The number of hydrogen-bond acceptors (Lipinski definition) is 5. The minimum Gasteiger partial charge on any atom is -0.444 e. The van der Waals surface area contributed by atoms with Crippen LogP contribution in [0, 0.1) is 11.6 Å². The number of benzene rings is 3. The lowest BCUT2D eigenvalue weighted by atomic mass is 10.1. The number of urea groups is 1. The van der Waals surface area contributed by atoms with Crippen LogP contribution in [0.4, 0.5) is 35.4 Å². The van der Waals surface area contributed by atoms with Crippen LogP contribution in [-0.2, 0) is 11.3 Å². The molecule has 4 amide bonds. The highest BCUT2D eigenvalue weighted by Gasteiger charge is 2.19. The lowest BCUT2D eigenvalue weighted by Crippen LogP contribution is -2.36. The molecule has 3 aromatic carbocycles. The highest BCUT2D eigenvalue weighted by atomic mass is 19.2. The number of rotatable bonds is 10. The highest BCUT2D eigenvalue weighted by Crippen LogP contribution is 2.23. The molecule has 0 aliphatic carbocycles. The van der Waals surface area contributed by atoms with E-state index in [1.807, 2.05) is 0 Å². The molecule has 0 bridgehead atoms. The van der Waals surface area contributed by atoms with Crippen LogP contribution in [0.1, 0.15) is 56.0 Å². The van der Waals surface area contributed by atoms with Crippen molar-refractivity contribution in [3.8, 4) is 0 Å². The van der Waals surface area contributed by atoms with Gasteiger partial charge in [-0.15, -0.1) is 0 Å². The topological polar surface area (TPSA) is 103 Å². The Balaban J connectivity index is 1.41. The van der Waals surface area contributed by atoms with Crippen LogP contribution in [0.3, 0.4) is 0 Å². The molecule has 3 N–H and O–H groups in total. The molecule has 0 saturated carbocycles. The normalized spacial score (nSPS) is 13.3. The van der Waals surface area contributed by atoms with Crippen LogP contribution in [0.2, 0.25) is 0 Å². The average Bonchev–Trinajstić information content (AvgIpc) is 3.48. The van der Waals surface area contributed by atoms with E-state index in [0.29, 0.717) is 23.5 Å². The number of amides is 4. The van der Waals surface area contributed by atoms with Crippen molar-refractivity contribution in [1.82, 2.24) is 9.80 Å². The van der Waals surface area contributed by atoms with Crippen molar-refractivity contribution in [1.29, 1.82) is 0 Å². The summed E-state index contributed by atoms with van der Waals surface area (Å²) in [4.78, 5) is 42.5. The van der Waals surface area contributed by atoms with Gasteiger partial charge in [0.1, 0.15) is 5.60 Å². The van der Waals surface area contributed by atoms with Gasteiger partial charge in [0.15, 0.2) is 11.6 Å². The molecule has 0 spiro atoms. The molecule has 1 fully saturated rings. The molecule has 0 radical (unpaired) electrons. The summed E-state index contributed by atoms with van der Waals surface area (Å²) < 4.78 is 32.4. The van der Waals surface area contributed by atoms with E-state index in [-0.39, 0.29) is 18.1 Å². The van der Waals surface area contributed by atoms with Gasteiger partial charge < -0.3 is 25.2 Å². The van der Waals surface area contributed by atoms with Crippen LogP contribution >= 0.6 is 0 Å². The van der Waals surface area contributed by atoms with Gasteiger partial charge in [-0.3, -0.25) is 10.1 Å². The first-order chi connectivity index (χ1) is 21.0. The van der Waals surface area contributed by atoms with Crippen molar-refractivity contribution in [2.45, 2.75) is 52.2 Å². The zero-order chi connectivity index (χ0) is 31.7. The molecule has 9 nitrogen and oxygen atoms in total. The minimum atomic E-state index is -1.04. The monoisotopic (exact) mass is 607 g/mol. The fourth-order valence-electron chi connectivity index (χ4n) is 4.81. The number of likely N-dealkylation sites (tertiary alicyclic amines) is 1.